The van der Waals surface area contributed by atoms with E-state index in [0.717, 1.165) is 31.5 Å². The average molecular weight is 204 g/mol. The summed E-state index contributed by atoms with van der Waals surface area (Å²) < 4.78 is 13.7. The third-order valence-electron chi connectivity index (χ3n) is 2.91. The van der Waals surface area contributed by atoms with Crippen LogP contribution in [0.3, 0.4) is 0 Å². The molecule has 0 aromatic heterocycles. The van der Waals surface area contributed by atoms with Crippen molar-refractivity contribution < 1.29 is 4.39 Å². The Morgan fingerprint density at radius 2 is 2.07 bits per heavy atom. The van der Waals surface area contributed by atoms with Gasteiger partial charge < -0.3 is 5.32 Å². The van der Waals surface area contributed by atoms with E-state index in [1.807, 2.05) is 6.07 Å². The van der Waals surface area contributed by atoms with Crippen molar-refractivity contribution >= 4 is 0 Å². The zero-order valence-corrected chi connectivity index (χ0v) is 8.46. The molecule has 0 unspecified atom stereocenters. The van der Waals surface area contributed by atoms with E-state index < -0.39 is 0 Å². The molecular weight excluding hydrogens is 191 g/mol. The number of piperidine rings is 1. The van der Waals surface area contributed by atoms with Gasteiger partial charge in [-0.1, -0.05) is 6.07 Å². The van der Waals surface area contributed by atoms with Crippen LogP contribution in [-0.4, -0.2) is 13.1 Å². The molecule has 2 rings (SSSR count). The van der Waals surface area contributed by atoms with Gasteiger partial charge in [0.2, 0.25) is 0 Å². The zero-order chi connectivity index (χ0) is 10.7. The molecule has 1 heterocycles. The van der Waals surface area contributed by atoms with E-state index >= 15 is 0 Å². The minimum atomic E-state index is -0.235. The molecule has 1 saturated heterocycles. The fourth-order valence-corrected chi connectivity index (χ4v) is 2.06. The van der Waals surface area contributed by atoms with Gasteiger partial charge in [0, 0.05) is 0 Å². The molecule has 1 aromatic rings. The fraction of sp³-hybridized carbons (Fsp3) is 0.417. The normalized spacial score (nSPS) is 17.3. The van der Waals surface area contributed by atoms with Crippen molar-refractivity contribution in [1.29, 1.82) is 5.26 Å². The van der Waals surface area contributed by atoms with Crippen LogP contribution in [0.15, 0.2) is 18.2 Å². The molecule has 15 heavy (non-hydrogen) atoms. The molecule has 1 fully saturated rings. The number of hydrogen-bond donors (Lipinski definition) is 1. The SMILES string of the molecule is N#Cc1ccc(C2CCNCC2)c(F)c1. The second kappa shape index (κ2) is 4.41. The van der Waals surface area contributed by atoms with Gasteiger partial charge in [-0.05, 0) is 49.5 Å². The van der Waals surface area contributed by atoms with Crippen LogP contribution in [-0.2, 0) is 0 Å². The van der Waals surface area contributed by atoms with Crippen molar-refractivity contribution in [2.75, 3.05) is 13.1 Å². The van der Waals surface area contributed by atoms with Gasteiger partial charge in [0.1, 0.15) is 5.82 Å². The van der Waals surface area contributed by atoms with Crippen LogP contribution in [0.4, 0.5) is 4.39 Å². The molecule has 1 N–H and O–H groups in total. The third kappa shape index (κ3) is 2.16. The summed E-state index contributed by atoms with van der Waals surface area (Å²) in [4.78, 5) is 0. The van der Waals surface area contributed by atoms with Crippen LogP contribution in [0.1, 0.15) is 29.9 Å². The molecule has 1 aliphatic rings. The standard InChI is InChI=1S/C12H13FN2/c13-12-7-9(8-14)1-2-11(12)10-3-5-15-6-4-10/h1-2,7,10,15H,3-6H2. The fourth-order valence-electron chi connectivity index (χ4n) is 2.06. The van der Waals surface area contributed by atoms with E-state index in [1.165, 1.54) is 6.07 Å². The van der Waals surface area contributed by atoms with Crippen molar-refractivity contribution in [2.45, 2.75) is 18.8 Å². The van der Waals surface area contributed by atoms with Gasteiger partial charge in [-0.3, -0.25) is 0 Å². The van der Waals surface area contributed by atoms with Crippen molar-refractivity contribution in [1.82, 2.24) is 5.32 Å². The quantitative estimate of drug-likeness (QED) is 0.761. The highest BCUT2D eigenvalue weighted by molar-refractivity contribution is 5.34. The van der Waals surface area contributed by atoms with Crippen molar-refractivity contribution in [3.63, 3.8) is 0 Å². The number of nitrogens with one attached hydrogen (secondary N) is 1. The first-order valence-corrected chi connectivity index (χ1v) is 5.21. The summed E-state index contributed by atoms with van der Waals surface area (Å²) in [5.74, 6) is 0.0694. The molecule has 0 saturated carbocycles. The smallest absolute Gasteiger partial charge is 0.127 e. The largest absolute Gasteiger partial charge is 0.317 e. The Labute approximate surface area is 88.7 Å². The second-order valence-electron chi connectivity index (χ2n) is 3.87. The summed E-state index contributed by atoms with van der Waals surface area (Å²) in [6.07, 6.45) is 1.95. The molecular formula is C12H13FN2. The Kier molecular flexibility index (Phi) is 2.98. The maximum atomic E-state index is 13.7. The van der Waals surface area contributed by atoms with Gasteiger partial charge in [-0.2, -0.15) is 5.26 Å². The van der Waals surface area contributed by atoms with E-state index in [4.69, 9.17) is 5.26 Å². The van der Waals surface area contributed by atoms with Crippen molar-refractivity contribution in [3.8, 4) is 6.07 Å². The molecule has 0 aliphatic carbocycles. The molecule has 0 spiro atoms. The van der Waals surface area contributed by atoms with E-state index in [9.17, 15) is 4.39 Å². The van der Waals surface area contributed by atoms with Crippen LogP contribution in [0.25, 0.3) is 0 Å². The Bertz CT molecular complexity index is 389. The topological polar surface area (TPSA) is 35.8 Å². The zero-order valence-electron chi connectivity index (χ0n) is 8.46. The number of benzene rings is 1. The van der Waals surface area contributed by atoms with Crippen molar-refractivity contribution in [3.05, 3.63) is 35.1 Å². The maximum Gasteiger partial charge on any atom is 0.127 e. The second-order valence-corrected chi connectivity index (χ2v) is 3.87. The number of nitrogens with zero attached hydrogens (tertiary/aromatic N) is 1. The minimum absolute atomic E-state index is 0.235. The highest BCUT2D eigenvalue weighted by Crippen LogP contribution is 2.27. The lowest BCUT2D eigenvalue weighted by Crippen LogP contribution is -2.27. The minimum Gasteiger partial charge on any atom is -0.317 e. The van der Waals surface area contributed by atoms with E-state index in [1.54, 1.807) is 12.1 Å². The first-order chi connectivity index (χ1) is 7.31. The predicted octanol–water partition coefficient (Wildman–Crippen LogP) is 2.16. The summed E-state index contributed by atoms with van der Waals surface area (Å²) >= 11 is 0. The summed E-state index contributed by atoms with van der Waals surface area (Å²) in [5.41, 5.74) is 1.15. The van der Waals surface area contributed by atoms with Gasteiger partial charge in [-0.15, -0.1) is 0 Å². The Morgan fingerprint density at radius 1 is 1.33 bits per heavy atom. The maximum absolute atomic E-state index is 13.7. The Morgan fingerprint density at radius 3 is 2.67 bits per heavy atom. The molecule has 0 atom stereocenters. The van der Waals surface area contributed by atoms with Crippen molar-refractivity contribution in [2.24, 2.45) is 0 Å². The van der Waals surface area contributed by atoms with Gasteiger partial charge in [0.25, 0.3) is 0 Å². The number of hydrogen-bond acceptors (Lipinski definition) is 2. The van der Waals surface area contributed by atoms with Crippen LogP contribution < -0.4 is 5.32 Å². The Balaban J connectivity index is 2.24. The molecule has 3 heteroatoms. The van der Waals surface area contributed by atoms with Crippen LogP contribution in [0.5, 0.6) is 0 Å². The molecule has 1 aliphatic heterocycles. The summed E-state index contributed by atoms with van der Waals surface area (Å²) in [5, 5.41) is 11.9. The predicted molar refractivity (Wildman–Crippen MR) is 56.0 cm³/mol. The van der Waals surface area contributed by atoms with E-state index in [2.05, 4.69) is 5.32 Å². The summed E-state index contributed by atoms with van der Waals surface area (Å²) in [6.45, 7) is 1.90. The third-order valence-corrected chi connectivity index (χ3v) is 2.91. The molecule has 0 radical (unpaired) electrons. The van der Waals surface area contributed by atoms with Gasteiger partial charge in [0.05, 0.1) is 11.6 Å². The molecule has 2 nitrogen and oxygen atoms in total. The number of halogens is 1. The lowest BCUT2D eigenvalue weighted by atomic mass is 9.89. The molecule has 1 aromatic carbocycles. The van der Waals surface area contributed by atoms with Crippen LogP contribution in [0.2, 0.25) is 0 Å². The van der Waals surface area contributed by atoms with E-state index in [-0.39, 0.29) is 5.82 Å². The Hall–Kier alpha value is -1.40. The van der Waals surface area contributed by atoms with Crippen LogP contribution in [0, 0.1) is 17.1 Å². The lowest BCUT2D eigenvalue weighted by Gasteiger charge is -2.23. The van der Waals surface area contributed by atoms with Gasteiger partial charge >= 0.3 is 0 Å². The highest BCUT2D eigenvalue weighted by atomic mass is 19.1. The number of nitriles is 1. The number of rotatable bonds is 1. The lowest BCUT2D eigenvalue weighted by molar-refractivity contribution is 0.445. The summed E-state index contributed by atoms with van der Waals surface area (Å²) in [7, 11) is 0. The average Bonchev–Trinajstić information content (AvgIpc) is 2.30. The monoisotopic (exact) mass is 204 g/mol. The molecule has 78 valence electrons. The molecule has 0 bridgehead atoms. The van der Waals surface area contributed by atoms with Gasteiger partial charge in [0.15, 0.2) is 0 Å². The first kappa shape index (κ1) is 10.1. The molecule has 0 amide bonds. The van der Waals surface area contributed by atoms with E-state index in [0.29, 0.717) is 11.5 Å². The first-order valence-electron chi connectivity index (χ1n) is 5.21. The highest BCUT2D eigenvalue weighted by Gasteiger charge is 2.18. The van der Waals surface area contributed by atoms with Gasteiger partial charge in [-0.25, -0.2) is 4.39 Å². The summed E-state index contributed by atoms with van der Waals surface area (Å²) in [6, 6.07) is 6.73. The van der Waals surface area contributed by atoms with Crippen LogP contribution >= 0.6 is 0 Å².